The minimum absolute atomic E-state index is 0.399. The Morgan fingerprint density at radius 2 is 1.56 bits per heavy atom. The van der Waals surface area contributed by atoms with Crippen LogP contribution in [0.4, 0.5) is 0 Å². The van der Waals surface area contributed by atoms with E-state index in [0.29, 0.717) is 6.42 Å². The molecule has 0 saturated carbocycles. The third-order valence-electron chi connectivity index (χ3n) is 3.75. The molecule has 3 amide bonds. The third kappa shape index (κ3) is 8.96. The van der Waals surface area contributed by atoms with Crippen molar-refractivity contribution < 1.29 is 39.3 Å². The van der Waals surface area contributed by atoms with Gasteiger partial charge in [-0.05, 0) is 5.92 Å². The number of nitrogens with two attached hydrogens (primary N) is 1. The summed E-state index contributed by atoms with van der Waals surface area (Å²) in [4.78, 5) is 57.9. The van der Waals surface area contributed by atoms with Gasteiger partial charge in [0, 0.05) is 0 Å². The summed E-state index contributed by atoms with van der Waals surface area (Å²) in [6, 6.07) is -4.02. The molecule has 0 aliphatic carbocycles. The van der Waals surface area contributed by atoms with Crippen LogP contribution in [0.1, 0.15) is 26.7 Å². The average Bonchev–Trinajstić information content (AvgIpc) is 2.61. The average molecular weight is 390 g/mol. The lowest BCUT2D eigenvalue weighted by molar-refractivity contribution is -0.142. The van der Waals surface area contributed by atoms with Gasteiger partial charge in [-0.1, -0.05) is 20.3 Å². The molecule has 0 aliphatic rings. The topological polar surface area (TPSA) is 208 Å². The SMILES string of the molecule is CCC(C)C(NC(=O)C(CC(=O)O)NC(=O)C(N)CO)C(=O)NCC(=O)O. The number of carboxylic acid groups (broad SMARTS) is 2. The maximum Gasteiger partial charge on any atom is 0.322 e. The highest BCUT2D eigenvalue weighted by Crippen LogP contribution is 2.09. The molecule has 0 rings (SSSR count). The first-order chi connectivity index (χ1) is 12.5. The van der Waals surface area contributed by atoms with Crippen LogP contribution in [0.5, 0.6) is 0 Å². The van der Waals surface area contributed by atoms with Gasteiger partial charge >= 0.3 is 11.9 Å². The maximum atomic E-state index is 12.4. The van der Waals surface area contributed by atoms with Gasteiger partial charge in [0.2, 0.25) is 17.7 Å². The molecule has 8 N–H and O–H groups in total. The van der Waals surface area contributed by atoms with Crippen molar-refractivity contribution in [3.05, 3.63) is 0 Å². The first kappa shape index (κ1) is 24.3. The number of aliphatic hydroxyl groups is 1. The van der Waals surface area contributed by atoms with Gasteiger partial charge in [0.15, 0.2) is 0 Å². The van der Waals surface area contributed by atoms with Crippen molar-refractivity contribution >= 4 is 29.7 Å². The van der Waals surface area contributed by atoms with Crippen LogP contribution >= 0.6 is 0 Å². The summed E-state index contributed by atoms with van der Waals surface area (Å²) in [6.07, 6.45) is -0.323. The van der Waals surface area contributed by atoms with E-state index < -0.39 is 73.3 Å². The molecule has 0 aromatic rings. The maximum absolute atomic E-state index is 12.4. The van der Waals surface area contributed by atoms with E-state index in [2.05, 4.69) is 16.0 Å². The van der Waals surface area contributed by atoms with Crippen LogP contribution in [0, 0.1) is 5.92 Å². The molecule has 12 nitrogen and oxygen atoms in total. The van der Waals surface area contributed by atoms with Gasteiger partial charge in [-0.3, -0.25) is 24.0 Å². The molecule has 27 heavy (non-hydrogen) atoms. The molecule has 0 aliphatic heterocycles. The van der Waals surface area contributed by atoms with Crippen molar-refractivity contribution in [2.45, 2.75) is 44.8 Å². The zero-order valence-electron chi connectivity index (χ0n) is 15.1. The molecule has 0 saturated heterocycles. The van der Waals surface area contributed by atoms with Crippen molar-refractivity contribution in [3.63, 3.8) is 0 Å². The minimum atomic E-state index is -1.54. The summed E-state index contributed by atoms with van der Waals surface area (Å²) in [5.74, 6) is -5.70. The van der Waals surface area contributed by atoms with Crippen molar-refractivity contribution in [2.75, 3.05) is 13.2 Å². The van der Waals surface area contributed by atoms with Crippen LogP contribution in [0.15, 0.2) is 0 Å². The normalized spacial score (nSPS) is 15.0. The van der Waals surface area contributed by atoms with E-state index in [9.17, 15) is 24.0 Å². The van der Waals surface area contributed by atoms with Crippen molar-refractivity contribution in [2.24, 2.45) is 11.7 Å². The van der Waals surface area contributed by atoms with Crippen LogP contribution in [0.3, 0.4) is 0 Å². The Labute approximate surface area is 155 Å². The number of carbonyl (C=O) groups excluding carboxylic acids is 3. The van der Waals surface area contributed by atoms with Crippen molar-refractivity contribution in [1.29, 1.82) is 0 Å². The Morgan fingerprint density at radius 3 is 2.00 bits per heavy atom. The van der Waals surface area contributed by atoms with E-state index in [-0.39, 0.29) is 0 Å². The molecule has 0 aromatic carbocycles. The fourth-order valence-corrected chi connectivity index (χ4v) is 1.97. The van der Waals surface area contributed by atoms with Gasteiger partial charge in [-0.2, -0.15) is 0 Å². The minimum Gasteiger partial charge on any atom is -0.481 e. The number of hydrogen-bond acceptors (Lipinski definition) is 7. The van der Waals surface area contributed by atoms with Crippen LogP contribution < -0.4 is 21.7 Å². The standard InChI is InChI=1S/C15H26N4O8/c1-3-7(2)12(15(27)17-5-11(23)24)19-14(26)9(4-10(21)22)18-13(25)8(16)6-20/h7-9,12,20H,3-6,16H2,1-2H3,(H,17,27)(H,18,25)(H,19,26)(H,21,22)(H,23,24). The molecule has 4 unspecified atom stereocenters. The smallest absolute Gasteiger partial charge is 0.322 e. The summed E-state index contributed by atoms with van der Waals surface area (Å²) in [5, 5.41) is 33.0. The van der Waals surface area contributed by atoms with Crippen LogP contribution in [0.25, 0.3) is 0 Å². The fraction of sp³-hybridized carbons (Fsp3) is 0.667. The molecule has 12 heteroatoms. The number of nitrogens with one attached hydrogen (secondary N) is 3. The number of amides is 3. The Bertz CT molecular complexity index is 568. The predicted molar refractivity (Wildman–Crippen MR) is 91.3 cm³/mol. The third-order valence-corrected chi connectivity index (χ3v) is 3.75. The van der Waals surface area contributed by atoms with E-state index >= 15 is 0 Å². The summed E-state index contributed by atoms with van der Waals surface area (Å²) >= 11 is 0. The summed E-state index contributed by atoms with van der Waals surface area (Å²) in [6.45, 7) is 2.02. The number of aliphatic carboxylic acids is 2. The van der Waals surface area contributed by atoms with Gasteiger partial charge < -0.3 is 37.0 Å². The first-order valence-electron chi connectivity index (χ1n) is 8.21. The lowest BCUT2D eigenvalue weighted by Gasteiger charge is -2.26. The molecular formula is C15H26N4O8. The van der Waals surface area contributed by atoms with Gasteiger partial charge in [0.25, 0.3) is 0 Å². The van der Waals surface area contributed by atoms with Crippen molar-refractivity contribution in [3.8, 4) is 0 Å². The van der Waals surface area contributed by atoms with Gasteiger partial charge in [0.1, 0.15) is 24.7 Å². The molecule has 0 bridgehead atoms. The molecule has 154 valence electrons. The summed E-state index contributed by atoms with van der Waals surface area (Å²) in [7, 11) is 0. The Morgan fingerprint density at radius 1 is 0.963 bits per heavy atom. The molecule has 0 spiro atoms. The molecule has 4 atom stereocenters. The van der Waals surface area contributed by atoms with Gasteiger partial charge in [-0.15, -0.1) is 0 Å². The molecule has 0 fully saturated rings. The van der Waals surface area contributed by atoms with Crippen LogP contribution in [0.2, 0.25) is 0 Å². The number of carboxylic acids is 2. The van der Waals surface area contributed by atoms with E-state index in [1.54, 1.807) is 13.8 Å². The van der Waals surface area contributed by atoms with E-state index in [1.807, 2.05) is 0 Å². The highest BCUT2D eigenvalue weighted by atomic mass is 16.4. The quantitative estimate of drug-likeness (QED) is 0.181. The van der Waals surface area contributed by atoms with Crippen LogP contribution in [-0.2, 0) is 24.0 Å². The monoisotopic (exact) mass is 390 g/mol. The van der Waals surface area contributed by atoms with E-state index in [1.165, 1.54) is 0 Å². The molecular weight excluding hydrogens is 364 g/mol. The highest BCUT2D eigenvalue weighted by Gasteiger charge is 2.31. The van der Waals surface area contributed by atoms with E-state index in [4.69, 9.17) is 21.1 Å². The summed E-state index contributed by atoms with van der Waals surface area (Å²) in [5.41, 5.74) is 5.32. The zero-order valence-corrected chi connectivity index (χ0v) is 15.1. The highest BCUT2D eigenvalue weighted by molar-refractivity contribution is 5.95. The van der Waals surface area contributed by atoms with Crippen LogP contribution in [-0.4, -0.2) is 76.3 Å². The number of rotatable bonds is 12. The van der Waals surface area contributed by atoms with Gasteiger partial charge in [0.05, 0.1) is 13.0 Å². The largest absolute Gasteiger partial charge is 0.481 e. The first-order valence-corrected chi connectivity index (χ1v) is 8.21. The second-order valence-corrected chi connectivity index (χ2v) is 5.93. The number of hydrogen-bond donors (Lipinski definition) is 7. The zero-order chi connectivity index (χ0) is 21.1. The molecule has 0 aromatic heterocycles. The fourth-order valence-electron chi connectivity index (χ4n) is 1.97. The second-order valence-electron chi connectivity index (χ2n) is 5.93. The lowest BCUT2D eigenvalue weighted by Crippen LogP contribution is -2.58. The Kier molecular flexibility index (Phi) is 10.6. The Hall–Kier alpha value is -2.73. The lowest BCUT2D eigenvalue weighted by atomic mass is 9.97. The van der Waals surface area contributed by atoms with Gasteiger partial charge in [-0.25, -0.2) is 0 Å². The van der Waals surface area contributed by atoms with E-state index in [0.717, 1.165) is 0 Å². The predicted octanol–water partition coefficient (Wildman–Crippen LogP) is -3.00. The summed E-state index contributed by atoms with van der Waals surface area (Å²) < 4.78 is 0. The van der Waals surface area contributed by atoms with Crippen molar-refractivity contribution in [1.82, 2.24) is 16.0 Å². The molecule has 0 heterocycles. The number of carbonyl (C=O) groups is 5. The molecule has 0 radical (unpaired) electrons. The number of aliphatic hydroxyl groups excluding tert-OH is 1. The second kappa shape index (κ2) is 11.8. The Balaban J connectivity index is 5.28.